The van der Waals surface area contributed by atoms with Crippen molar-refractivity contribution in [1.29, 1.82) is 0 Å². The molecule has 0 aliphatic heterocycles. The van der Waals surface area contributed by atoms with Crippen LogP contribution in [-0.2, 0) is 11.3 Å². The maximum Gasteiger partial charge on any atom is 0.279 e. The van der Waals surface area contributed by atoms with Gasteiger partial charge in [0.2, 0.25) is 0 Å². The smallest absolute Gasteiger partial charge is 0.279 e. The van der Waals surface area contributed by atoms with Gasteiger partial charge < -0.3 is 14.0 Å². The Morgan fingerprint density at radius 2 is 2.08 bits per heavy atom. The Kier molecular flexibility index (Phi) is 5.85. The summed E-state index contributed by atoms with van der Waals surface area (Å²) in [6.07, 6.45) is 0. The van der Waals surface area contributed by atoms with E-state index in [2.05, 4.69) is 4.99 Å². The van der Waals surface area contributed by atoms with Gasteiger partial charge in [0, 0.05) is 19.2 Å². The molecule has 0 fully saturated rings. The number of amides is 1. The average Bonchev–Trinajstić information content (AvgIpc) is 2.96. The quantitative estimate of drug-likeness (QED) is 0.663. The van der Waals surface area contributed by atoms with E-state index in [0.29, 0.717) is 30.1 Å². The molecule has 1 aromatic heterocycles. The standard InChI is InChI=1S/C20H22N2O3S/c1-4-25-16-8-9-17-18(13-16)26-20(22(17)10-11-24-3)21-19(23)15-7-5-6-14(2)12-15/h5-9,12-13H,4,10-11H2,1-3H3. The molecule has 0 unspecified atom stereocenters. The lowest BCUT2D eigenvalue weighted by Crippen LogP contribution is -2.19. The Labute approximate surface area is 156 Å². The van der Waals surface area contributed by atoms with E-state index in [9.17, 15) is 4.79 Å². The van der Waals surface area contributed by atoms with Gasteiger partial charge in [-0.05, 0) is 44.2 Å². The number of carbonyl (C=O) groups excluding carboxylic acids is 1. The summed E-state index contributed by atoms with van der Waals surface area (Å²) < 4.78 is 13.9. The highest BCUT2D eigenvalue weighted by Gasteiger charge is 2.10. The van der Waals surface area contributed by atoms with Crippen LogP contribution >= 0.6 is 11.3 Å². The lowest BCUT2D eigenvalue weighted by Gasteiger charge is -2.06. The number of methoxy groups -OCH3 is 1. The fraction of sp³-hybridized carbons (Fsp3) is 0.300. The number of hydrogen-bond donors (Lipinski definition) is 0. The highest BCUT2D eigenvalue weighted by molar-refractivity contribution is 7.16. The van der Waals surface area contributed by atoms with Crippen LogP contribution in [0.2, 0.25) is 0 Å². The first-order valence-electron chi connectivity index (χ1n) is 8.53. The largest absolute Gasteiger partial charge is 0.494 e. The molecule has 0 radical (unpaired) electrons. The molecule has 5 nitrogen and oxygen atoms in total. The van der Waals surface area contributed by atoms with Gasteiger partial charge in [-0.2, -0.15) is 4.99 Å². The second kappa shape index (κ2) is 8.29. The third-order valence-electron chi connectivity index (χ3n) is 3.95. The zero-order chi connectivity index (χ0) is 18.5. The van der Waals surface area contributed by atoms with Gasteiger partial charge >= 0.3 is 0 Å². The summed E-state index contributed by atoms with van der Waals surface area (Å²) in [5, 5.41) is 0. The summed E-state index contributed by atoms with van der Waals surface area (Å²) >= 11 is 1.48. The monoisotopic (exact) mass is 370 g/mol. The number of hydrogen-bond acceptors (Lipinski definition) is 4. The van der Waals surface area contributed by atoms with Crippen LogP contribution in [0.4, 0.5) is 0 Å². The molecule has 0 atom stereocenters. The normalized spacial score (nSPS) is 11.9. The van der Waals surface area contributed by atoms with E-state index in [0.717, 1.165) is 21.5 Å². The van der Waals surface area contributed by atoms with Crippen molar-refractivity contribution >= 4 is 27.5 Å². The van der Waals surface area contributed by atoms with Crippen LogP contribution in [0.3, 0.4) is 0 Å². The lowest BCUT2D eigenvalue weighted by molar-refractivity contribution is 0.0997. The molecule has 26 heavy (non-hydrogen) atoms. The van der Waals surface area contributed by atoms with Crippen LogP contribution in [-0.4, -0.2) is 30.8 Å². The number of aromatic nitrogens is 1. The van der Waals surface area contributed by atoms with E-state index in [4.69, 9.17) is 9.47 Å². The van der Waals surface area contributed by atoms with E-state index >= 15 is 0 Å². The molecule has 0 spiro atoms. The molecule has 3 rings (SSSR count). The molecule has 136 valence electrons. The van der Waals surface area contributed by atoms with Gasteiger partial charge in [0.05, 0.1) is 23.4 Å². The van der Waals surface area contributed by atoms with Gasteiger partial charge in [-0.25, -0.2) is 0 Å². The van der Waals surface area contributed by atoms with Gasteiger partial charge in [-0.15, -0.1) is 0 Å². The van der Waals surface area contributed by atoms with Gasteiger partial charge in [0.25, 0.3) is 5.91 Å². The number of aryl methyl sites for hydroxylation is 1. The molecule has 0 saturated heterocycles. The third-order valence-corrected chi connectivity index (χ3v) is 4.99. The van der Waals surface area contributed by atoms with Crippen molar-refractivity contribution in [1.82, 2.24) is 4.57 Å². The van der Waals surface area contributed by atoms with Crippen LogP contribution in [0.5, 0.6) is 5.75 Å². The Bertz CT molecular complexity index is 988. The van der Waals surface area contributed by atoms with Crippen molar-refractivity contribution in [3.63, 3.8) is 0 Å². The maximum absolute atomic E-state index is 12.6. The molecule has 0 aliphatic rings. The van der Waals surface area contributed by atoms with Crippen molar-refractivity contribution in [2.75, 3.05) is 20.3 Å². The molecular weight excluding hydrogens is 348 g/mol. The number of thiazole rings is 1. The lowest BCUT2D eigenvalue weighted by atomic mass is 10.1. The van der Waals surface area contributed by atoms with Crippen molar-refractivity contribution < 1.29 is 14.3 Å². The summed E-state index contributed by atoms with van der Waals surface area (Å²) in [6.45, 7) is 5.71. The average molecular weight is 370 g/mol. The van der Waals surface area contributed by atoms with Gasteiger partial charge in [0.1, 0.15) is 5.75 Å². The predicted molar refractivity (Wildman–Crippen MR) is 104 cm³/mol. The van der Waals surface area contributed by atoms with Crippen LogP contribution < -0.4 is 9.54 Å². The van der Waals surface area contributed by atoms with Crippen LogP contribution in [0.15, 0.2) is 47.5 Å². The van der Waals surface area contributed by atoms with Gasteiger partial charge in [-0.3, -0.25) is 4.79 Å². The fourth-order valence-electron chi connectivity index (χ4n) is 2.72. The predicted octanol–water partition coefficient (Wildman–Crippen LogP) is 3.80. The molecule has 6 heteroatoms. The van der Waals surface area contributed by atoms with Gasteiger partial charge in [0.15, 0.2) is 4.80 Å². The van der Waals surface area contributed by atoms with Crippen molar-refractivity contribution in [2.45, 2.75) is 20.4 Å². The molecule has 0 saturated carbocycles. The second-order valence-corrected chi connectivity index (χ2v) is 6.89. The Morgan fingerprint density at radius 1 is 1.23 bits per heavy atom. The number of benzene rings is 2. The summed E-state index contributed by atoms with van der Waals surface area (Å²) in [4.78, 5) is 17.7. The first-order chi connectivity index (χ1) is 12.6. The molecule has 1 amide bonds. The first kappa shape index (κ1) is 18.4. The number of nitrogens with zero attached hydrogens (tertiary/aromatic N) is 2. The molecule has 0 N–H and O–H groups in total. The number of carbonyl (C=O) groups is 1. The van der Waals surface area contributed by atoms with Crippen molar-refractivity contribution in [2.24, 2.45) is 4.99 Å². The fourth-order valence-corrected chi connectivity index (χ4v) is 3.81. The van der Waals surface area contributed by atoms with Gasteiger partial charge in [-0.1, -0.05) is 29.0 Å². The van der Waals surface area contributed by atoms with E-state index in [1.165, 1.54) is 11.3 Å². The van der Waals surface area contributed by atoms with Crippen molar-refractivity contribution in [3.8, 4) is 5.75 Å². The topological polar surface area (TPSA) is 52.8 Å². The maximum atomic E-state index is 12.6. The molecule has 2 aromatic carbocycles. The third kappa shape index (κ3) is 4.03. The van der Waals surface area contributed by atoms with Crippen molar-refractivity contribution in [3.05, 3.63) is 58.4 Å². The summed E-state index contributed by atoms with van der Waals surface area (Å²) in [6, 6.07) is 13.4. The van der Waals surface area contributed by atoms with Crippen LogP contribution in [0, 0.1) is 6.92 Å². The molecule has 1 heterocycles. The molecular formula is C20H22N2O3S. The number of rotatable bonds is 6. The second-order valence-electron chi connectivity index (χ2n) is 5.88. The molecule has 3 aromatic rings. The van der Waals surface area contributed by atoms with E-state index in [-0.39, 0.29) is 5.91 Å². The van der Waals surface area contributed by atoms with E-state index < -0.39 is 0 Å². The SMILES string of the molecule is CCOc1ccc2c(c1)sc(=NC(=O)c1cccc(C)c1)n2CCOC. The highest BCUT2D eigenvalue weighted by Crippen LogP contribution is 2.23. The van der Waals surface area contributed by atoms with Crippen LogP contribution in [0.1, 0.15) is 22.8 Å². The minimum atomic E-state index is -0.239. The summed E-state index contributed by atoms with van der Waals surface area (Å²) in [5.41, 5.74) is 2.65. The zero-order valence-corrected chi connectivity index (χ0v) is 16.0. The summed E-state index contributed by atoms with van der Waals surface area (Å²) in [7, 11) is 1.66. The Hall–Kier alpha value is -2.44. The molecule has 0 bridgehead atoms. The highest BCUT2D eigenvalue weighted by atomic mass is 32.1. The minimum absolute atomic E-state index is 0.239. The molecule has 0 aliphatic carbocycles. The van der Waals surface area contributed by atoms with E-state index in [1.807, 2.05) is 54.8 Å². The number of ether oxygens (including phenoxy) is 2. The summed E-state index contributed by atoms with van der Waals surface area (Å²) in [5.74, 6) is 0.577. The Balaban J connectivity index is 2.08. The minimum Gasteiger partial charge on any atom is -0.494 e. The Morgan fingerprint density at radius 3 is 2.81 bits per heavy atom. The van der Waals surface area contributed by atoms with Crippen LogP contribution in [0.25, 0.3) is 10.2 Å². The zero-order valence-electron chi connectivity index (χ0n) is 15.2. The van der Waals surface area contributed by atoms with E-state index in [1.54, 1.807) is 13.2 Å². The number of fused-ring (bicyclic) bond motifs is 1. The first-order valence-corrected chi connectivity index (χ1v) is 9.35.